The Morgan fingerprint density at radius 2 is 1.96 bits per heavy atom. The number of aryl methyl sites for hydroxylation is 3. The zero-order valence-corrected chi connectivity index (χ0v) is 14.8. The average molecular weight is 346 g/mol. The van der Waals surface area contributed by atoms with Crippen molar-refractivity contribution < 1.29 is 23.6 Å². The standard InChI is InChI=1S/C18H22N2O5/c1-5-15(18(22)19-16-9-13(4)25-20-16)24-17(21)10-23-14-7-6-11(2)12(3)8-14/h6-9,15H,5,10H2,1-4H3,(H,19,20,22). The van der Waals surface area contributed by atoms with E-state index in [-0.39, 0.29) is 12.4 Å². The molecule has 7 nitrogen and oxygen atoms in total. The van der Waals surface area contributed by atoms with Crippen molar-refractivity contribution in [2.45, 2.75) is 40.2 Å². The minimum atomic E-state index is -0.923. The molecule has 0 aliphatic carbocycles. The van der Waals surface area contributed by atoms with E-state index < -0.39 is 18.0 Å². The Labute approximate surface area is 146 Å². The van der Waals surface area contributed by atoms with Gasteiger partial charge in [-0.1, -0.05) is 18.1 Å². The number of aromatic nitrogens is 1. The lowest BCUT2D eigenvalue weighted by Crippen LogP contribution is -2.33. The molecule has 1 unspecified atom stereocenters. The normalized spacial score (nSPS) is 11.7. The number of anilines is 1. The van der Waals surface area contributed by atoms with Crippen molar-refractivity contribution in [3.63, 3.8) is 0 Å². The van der Waals surface area contributed by atoms with Crippen LogP contribution in [0.25, 0.3) is 0 Å². The number of benzene rings is 1. The predicted molar refractivity (Wildman–Crippen MR) is 91.5 cm³/mol. The van der Waals surface area contributed by atoms with Crippen LogP contribution < -0.4 is 10.1 Å². The van der Waals surface area contributed by atoms with Gasteiger partial charge >= 0.3 is 5.97 Å². The second kappa shape index (κ2) is 8.32. The van der Waals surface area contributed by atoms with E-state index in [9.17, 15) is 9.59 Å². The van der Waals surface area contributed by atoms with Crippen molar-refractivity contribution in [2.24, 2.45) is 0 Å². The average Bonchev–Trinajstić information content (AvgIpc) is 2.98. The number of carbonyl (C=O) groups excluding carboxylic acids is 2. The summed E-state index contributed by atoms with van der Waals surface area (Å²) in [5.74, 6) is 0.355. The van der Waals surface area contributed by atoms with Crippen LogP contribution in [0.5, 0.6) is 5.75 Å². The van der Waals surface area contributed by atoms with E-state index in [4.69, 9.17) is 14.0 Å². The Bertz CT molecular complexity index is 754. The Hall–Kier alpha value is -2.83. The molecule has 1 aromatic heterocycles. The molecule has 134 valence electrons. The van der Waals surface area contributed by atoms with Crippen LogP contribution in [0.3, 0.4) is 0 Å². The number of hydrogen-bond donors (Lipinski definition) is 1. The van der Waals surface area contributed by atoms with Gasteiger partial charge in [0.05, 0.1) is 0 Å². The van der Waals surface area contributed by atoms with Crippen molar-refractivity contribution in [2.75, 3.05) is 11.9 Å². The number of amides is 1. The van der Waals surface area contributed by atoms with Gasteiger partial charge < -0.3 is 19.3 Å². The first-order valence-corrected chi connectivity index (χ1v) is 8.02. The zero-order valence-electron chi connectivity index (χ0n) is 14.8. The molecule has 1 amide bonds. The van der Waals surface area contributed by atoms with Crippen LogP contribution in [-0.4, -0.2) is 29.7 Å². The van der Waals surface area contributed by atoms with Crippen LogP contribution in [-0.2, 0) is 14.3 Å². The molecule has 1 atom stereocenters. The molecule has 25 heavy (non-hydrogen) atoms. The molecule has 1 N–H and O–H groups in total. The zero-order chi connectivity index (χ0) is 18.4. The molecular weight excluding hydrogens is 324 g/mol. The quantitative estimate of drug-likeness (QED) is 0.775. The van der Waals surface area contributed by atoms with Crippen LogP contribution in [0.1, 0.15) is 30.2 Å². The van der Waals surface area contributed by atoms with E-state index in [2.05, 4.69) is 10.5 Å². The molecule has 7 heteroatoms. The topological polar surface area (TPSA) is 90.7 Å². The van der Waals surface area contributed by atoms with Crippen LogP contribution in [0.15, 0.2) is 28.8 Å². The molecule has 0 aliphatic rings. The number of hydrogen-bond acceptors (Lipinski definition) is 6. The number of esters is 1. The number of nitrogens with zero attached hydrogens (tertiary/aromatic N) is 1. The first kappa shape index (κ1) is 18.5. The molecule has 0 radical (unpaired) electrons. The van der Waals surface area contributed by atoms with Gasteiger partial charge in [0, 0.05) is 6.07 Å². The van der Waals surface area contributed by atoms with Gasteiger partial charge in [0.2, 0.25) is 0 Å². The summed E-state index contributed by atoms with van der Waals surface area (Å²) in [4.78, 5) is 24.1. The maximum absolute atomic E-state index is 12.1. The number of rotatable bonds is 7. The number of carbonyl (C=O) groups is 2. The molecule has 2 aromatic rings. The first-order valence-electron chi connectivity index (χ1n) is 8.02. The highest BCUT2D eigenvalue weighted by Gasteiger charge is 2.22. The predicted octanol–water partition coefficient (Wildman–Crippen LogP) is 2.94. The third-order valence-electron chi connectivity index (χ3n) is 3.65. The van der Waals surface area contributed by atoms with Crippen LogP contribution in [0.2, 0.25) is 0 Å². The van der Waals surface area contributed by atoms with Crippen molar-refractivity contribution in [1.29, 1.82) is 0 Å². The Morgan fingerprint density at radius 1 is 1.20 bits per heavy atom. The number of nitrogens with one attached hydrogen (secondary N) is 1. The summed E-state index contributed by atoms with van der Waals surface area (Å²) < 4.78 is 15.5. The van der Waals surface area contributed by atoms with E-state index in [1.165, 1.54) is 0 Å². The molecule has 1 heterocycles. The van der Waals surface area contributed by atoms with Crippen molar-refractivity contribution >= 4 is 17.7 Å². The summed E-state index contributed by atoms with van der Waals surface area (Å²) in [6.45, 7) is 7.15. The van der Waals surface area contributed by atoms with Crippen molar-refractivity contribution in [3.05, 3.63) is 41.2 Å². The Kier molecular flexibility index (Phi) is 6.16. The van der Waals surface area contributed by atoms with Gasteiger partial charge in [0.15, 0.2) is 18.5 Å². The minimum Gasteiger partial charge on any atom is -0.482 e. The fraction of sp³-hybridized carbons (Fsp3) is 0.389. The third-order valence-corrected chi connectivity index (χ3v) is 3.65. The summed E-state index contributed by atoms with van der Waals surface area (Å²) in [6, 6.07) is 7.12. The summed E-state index contributed by atoms with van der Waals surface area (Å²) in [6.07, 6.45) is -0.592. The molecule has 0 fully saturated rings. The van der Waals surface area contributed by atoms with E-state index in [1.54, 1.807) is 26.0 Å². The molecule has 0 bridgehead atoms. The third kappa shape index (κ3) is 5.34. The molecule has 0 spiro atoms. The fourth-order valence-electron chi connectivity index (χ4n) is 2.09. The lowest BCUT2D eigenvalue weighted by atomic mass is 10.1. The van der Waals surface area contributed by atoms with E-state index in [0.717, 1.165) is 11.1 Å². The van der Waals surface area contributed by atoms with E-state index >= 15 is 0 Å². The molecule has 0 saturated heterocycles. The van der Waals surface area contributed by atoms with Crippen molar-refractivity contribution in [1.82, 2.24) is 5.16 Å². The highest BCUT2D eigenvalue weighted by atomic mass is 16.6. The maximum atomic E-state index is 12.1. The molecular formula is C18H22N2O5. The van der Waals surface area contributed by atoms with Gasteiger partial charge in [-0.25, -0.2) is 4.79 Å². The highest BCUT2D eigenvalue weighted by molar-refractivity contribution is 5.94. The molecule has 0 saturated carbocycles. The molecule has 2 rings (SSSR count). The van der Waals surface area contributed by atoms with Crippen molar-refractivity contribution in [3.8, 4) is 5.75 Å². The lowest BCUT2D eigenvalue weighted by molar-refractivity contribution is -0.156. The van der Waals surface area contributed by atoms with Gasteiger partial charge in [0.1, 0.15) is 11.5 Å². The Balaban J connectivity index is 1.86. The van der Waals surface area contributed by atoms with Gasteiger partial charge in [-0.3, -0.25) is 4.79 Å². The second-order valence-corrected chi connectivity index (χ2v) is 5.73. The second-order valence-electron chi connectivity index (χ2n) is 5.73. The first-order chi connectivity index (χ1) is 11.9. The SMILES string of the molecule is CCC(OC(=O)COc1ccc(C)c(C)c1)C(=O)Nc1cc(C)on1. The van der Waals surface area contributed by atoms with Crippen LogP contribution in [0, 0.1) is 20.8 Å². The number of ether oxygens (including phenoxy) is 2. The highest BCUT2D eigenvalue weighted by Crippen LogP contribution is 2.16. The largest absolute Gasteiger partial charge is 0.482 e. The van der Waals surface area contributed by atoms with E-state index in [1.807, 2.05) is 26.0 Å². The smallest absolute Gasteiger partial charge is 0.344 e. The summed E-state index contributed by atoms with van der Waals surface area (Å²) in [7, 11) is 0. The van der Waals surface area contributed by atoms with Gasteiger partial charge in [-0.2, -0.15) is 0 Å². The molecule has 0 aliphatic heterocycles. The minimum absolute atomic E-state index is 0.269. The monoisotopic (exact) mass is 346 g/mol. The van der Waals surface area contributed by atoms with Crippen LogP contribution >= 0.6 is 0 Å². The van der Waals surface area contributed by atoms with E-state index in [0.29, 0.717) is 17.9 Å². The maximum Gasteiger partial charge on any atom is 0.344 e. The Morgan fingerprint density at radius 3 is 2.56 bits per heavy atom. The summed E-state index contributed by atoms with van der Waals surface area (Å²) in [5.41, 5.74) is 2.21. The van der Waals surface area contributed by atoms with Gasteiger partial charge in [0.25, 0.3) is 5.91 Å². The van der Waals surface area contributed by atoms with Gasteiger partial charge in [-0.15, -0.1) is 0 Å². The molecule has 1 aromatic carbocycles. The van der Waals surface area contributed by atoms with Crippen LogP contribution in [0.4, 0.5) is 5.82 Å². The lowest BCUT2D eigenvalue weighted by Gasteiger charge is -2.15. The summed E-state index contributed by atoms with van der Waals surface area (Å²) >= 11 is 0. The fourth-order valence-corrected chi connectivity index (χ4v) is 2.09. The summed E-state index contributed by atoms with van der Waals surface area (Å²) in [5, 5.41) is 6.22. The van der Waals surface area contributed by atoms with Gasteiger partial charge in [-0.05, 0) is 50.5 Å².